The molecule has 1 aliphatic rings. The molecule has 218 valence electrons. The Kier molecular flexibility index (Phi) is 13.0. The van der Waals surface area contributed by atoms with Gasteiger partial charge in [0.15, 0.2) is 17.3 Å². The molecule has 7 nitrogen and oxygen atoms in total. The summed E-state index contributed by atoms with van der Waals surface area (Å²) in [6.45, 7) is 3.86. The molecular weight excluding hydrogens is 612 g/mol. The average molecular weight is 648 g/mol. The van der Waals surface area contributed by atoms with Gasteiger partial charge in [0.05, 0.1) is 36.0 Å². The quantitative estimate of drug-likeness (QED) is 0.193. The summed E-state index contributed by atoms with van der Waals surface area (Å²) in [5, 5.41) is 0.628. The minimum absolute atomic E-state index is 0. The minimum atomic E-state index is 0. The van der Waals surface area contributed by atoms with Crippen molar-refractivity contribution in [2.75, 3.05) is 52.1 Å². The Morgan fingerprint density at radius 2 is 1.73 bits per heavy atom. The lowest BCUT2D eigenvalue weighted by Crippen LogP contribution is -2.33. The van der Waals surface area contributed by atoms with Gasteiger partial charge >= 0.3 is 0 Å². The number of para-hydroxylation sites is 2. The van der Waals surface area contributed by atoms with Gasteiger partial charge in [-0.2, -0.15) is 0 Å². The number of nitrogens with zero attached hydrogens (tertiary/aromatic N) is 5. The predicted octanol–water partition coefficient (Wildman–Crippen LogP) is 7.05. The fourth-order valence-corrected chi connectivity index (χ4v) is 6.00. The van der Waals surface area contributed by atoms with Crippen LogP contribution in [0.4, 0.5) is 5.69 Å². The highest BCUT2D eigenvalue weighted by Gasteiger charge is 2.21. The van der Waals surface area contributed by atoms with Gasteiger partial charge in [0, 0.05) is 45.7 Å². The Morgan fingerprint density at radius 1 is 1.02 bits per heavy atom. The first kappa shape index (κ1) is 34.1. The summed E-state index contributed by atoms with van der Waals surface area (Å²) < 4.78 is 13.1. The molecule has 0 N–H and O–H groups in total. The monoisotopic (exact) mass is 645 g/mol. The molecule has 0 spiro atoms. The number of benzene rings is 2. The molecular formula is C28H35Cl4N5O2S. The van der Waals surface area contributed by atoms with Gasteiger partial charge in [0.1, 0.15) is 5.69 Å². The van der Waals surface area contributed by atoms with Crippen molar-refractivity contribution in [3.05, 3.63) is 64.8 Å². The number of ether oxygens (including phenoxy) is 2. The van der Waals surface area contributed by atoms with Crippen LogP contribution in [0.1, 0.15) is 17.5 Å². The number of hydrogen-bond acceptors (Lipinski definition) is 7. The van der Waals surface area contributed by atoms with E-state index in [1.807, 2.05) is 36.7 Å². The zero-order valence-electron chi connectivity index (χ0n) is 22.9. The van der Waals surface area contributed by atoms with Crippen molar-refractivity contribution < 1.29 is 9.47 Å². The SMILES string of the molecule is COc1cc2c(cc1OC)CN(CCCN(C)c1ccnc(-c3nc4ccccc4n3SC)c1Cl)CC2.Cl.Cl.Cl. The summed E-state index contributed by atoms with van der Waals surface area (Å²) >= 11 is 8.53. The van der Waals surface area contributed by atoms with Crippen LogP contribution in [0, 0.1) is 0 Å². The second-order valence-electron chi connectivity index (χ2n) is 9.17. The Balaban J connectivity index is 0.00000187. The fourth-order valence-electron chi connectivity index (χ4n) is 5.01. The number of pyridine rings is 1. The molecule has 3 heterocycles. The van der Waals surface area contributed by atoms with E-state index in [0.717, 1.165) is 73.1 Å². The lowest BCUT2D eigenvalue weighted by atomic mass is 9.98. The lowest BCUT2D eigenvalue weighted by molar-refractivity contribution is 0.250. The molecule has 0 amide bonds. The van der Waals surface area contributed by atoms with Crippen LogP contribution in [0.2, 0.25) is 5.02 Å². The van der Waals surface area contributed by atoms with Gasteiger partial charge in [-0.1, -0.05) is 23.7 Å². The van der Waals surface area contributed by atoms with Crippen LogP contribution < -0.4 is 14.4 Å². The van der Waals surface area contributed by atoms with Gasteiger partial charge in [0.2, 0.25) is 0 Å². The van der Waals surface area contributed by atoms with E-state index < -0.39 is 0 Å². The van der Waals surface area contributed by atoms with Crippen molar-refractivity contribution in [2.24, 2.45) is 0 Å². The second kappa shape index (κ2) is 15.2. The number of anilines is 1. The number of halogens is 4. The summed E-state index contributed by atoms with van der Waals surface area (Å²) in [6, 6.07) is 14.3. The van der Waals surface area contributed by atoms with Crippen molar-refractivity contribution in [3.63, 3.8) is 0 Å². The van der Waals surface area contributed by atoms with Crippen LogP contribution in [-0.2, 0) is 13.0 Å². The van der Waals surface area contributed by atoms with Gasteiger partial charge in [0.25, 0.3) is 0 Å². The molecule has 0 saturated carbocycles. The molecule has 40 heavy (non-hydrogen) atoms. The number of hydrogen-bond donors (Lipinski definition) is 0. The normalized spacial score (nSPS) is 12.5. The fraction of sp³-hybridized carbons (Fsp3) is 0.357. The van der Waals surface area contributed by atoms with E-state index >= 15 is 0 Å². The van der Waals surface area contributed by atoms with Crippen molar-refractivity contribution in [2.45, 2.75) is 19.4 Å². The van der Waals surface area contributed by atoms with E-state index in [4.69, 9.17) is 26.1 Å². The molecule has 0 saturated heterocycles. The summed E-state index contributed by atoms with van der Waals surface area (Å²) in [5.74, 6) is 2.37. The Hall–Kier alpha value is -2.07. The maximum Gasteiger partial charge on any atom is 0.171 e. The smallest absolute Gasteiger partial charge is 0.171 e. The van der Waals surface area contributed by atoms with Crippen LogP contribution in [0.5, 0.6) is 11.5 Å². The third-order valence-electron chi connectivity index (χ3n) is 6.96. The zero-order chi connectivity index (χ0) is 25.9. The largest absolute Gasteiger partial charge is 0.493 e. The molecule has 12 heteroatoms. The Bertz CT molecular complexity index is 1420. The van der Waals surface area contributed by atoms with E-state index in [-0.39, 0.29) is 37.2 Å². The third-order valence-corrected chi connectivity index (χ3v) is 8.07. The average Bonchev–Trinajstić information content (AvgIpc) is 3.30. The summed E-state index contributed by atoms with van der Waals surface area (Å²) in [4.78, 5) is 14.2. The summed E-state index contributed by atoms with van der Waals surface area (Å²) in [5.41, 5.74) is 6.32. The molecule has 4 aromatic rings. The first-order valence-electron chi connectivity index (χ1n) is 12.4. The van der Waals surface area contributed by atoms with Crippen molar-refractivity contribution in [1.29, 1.82) is 0 Å². The molecule has 0 bridgehead atoms. The highest BCUT2D eigenvalue weighted by atomic mass is 35.5. The van der Waals surface area contributed by atoms with Gasteiger partial charge in [-0.05, 0) is 66.2 Å². The lowest BCUT2D eigenvalue weighted by Gasteiger charge is -2.30. The molecule has 0 aliphatic carbocycles. The first-order chi connectivity index (χ1) is 18.0. The van der Waals surface area contributed by atoms with Crippen LogP contribution in [0.25, 0.3) is 22.6 Å². The molecule has 5 rings (SSSR count). The number of fused-ring (bicyclic) bond motifs is 2. The van der Waals surface area contributed by atoms with Crippen molar-refractivity contribution >= 4 is 77.5 Å². The second-order valence-corrected chi connectivity index (χ2v) is 10.3. The number of aromatic nitrogens is 3. The molecule has 1 aliphatic heterocycles. The van der Waals surface area contributed by atoms with Gasteiger partial charge in [-0.25, -0.2) is 4.98 Å². The summed E-state index contributed by atoms with van der Waals surface area (Å²) in [7, 11) is 5.46. The molecule has 0 atom stereocenters. The van der Waals surface area contributed by atoms with E-state index in [1.165, 1.54) is 11.1 Å². The van der Waals surface area contributed by atoms with Gasteiger partial charge < -0.3 is 14.4 Å². The molecule has 0 fully saturated rings. The zero-order valence-corrected chi connectivity index (χ0v) is 26.9. The molecule has 0 radical (unpaired) electrons. The number of methoxy groups -OCH3 is 2. The molecule has 0 unspecified atom stereocenters. The topological polar surface area (TPSA) is 55.7 Å². The number of imidazole rings is 1. The predicted molar refractivity (Wildman–Crippen MR) is 175 cm³/mol. The van der Waals surface area contributed by atoms with E-state index in [9.17, 15) is 0 Å². The van der Waals surface area contributed by atoms with E-state index in [1.54, 1.807) is 26.2 Å². The Labute approximate surface area is 263 Å². The maximum atomic E-state index is 6.93. The van der Waals surface area contributed by atoms with Gasteiger partial charge in [-0.3, -0.25) is 13.9 Å². The standard InChI is InChI=1S/C28H32ClN5O2S.3ClH/c1-32(13-7-14-33-15-11-19-16-24(35-2)25(36-3)17-20(19)18-33)23-10-12-30-27(26(23)29)28-31-21-8-5-6-9-22(21)34(28)37-4;;;/h5-6,8-10,12,16-17H,7,11,13-15,18H2,1-4H3;3*1H. The number of rotatable bonds is 9. The maximum absolute atomic E-state index is 6.93. The van der Waals surface area contributed by atoms with Gasteiger partial charge in [-0.15, -0.1) is 37.2 Å². The highest BCUT2D eigenvalue weighted by molar-refractivity contribution is 7.97. The Morgan fingerprint density at radius 3 is 2.42 bits per heavy atom. The molecule has 2 aromatic heterocycles. The van der Waals surface area contributed by atoms with Crippen LogP contribution in [0.3, 0.4) is 0 Å². The van der Waals surface area contributed by atoms with E-state index in [2.05, 4.69) is 44.0 Å². The van der Waals surface area contributed by atoms with Crippen LogP contribution >= 0.6 is 60.8 Å². The van der Waals surface area contributed by atoms with Crippen LogP contribution in [-0.4, -0.2) is 66.0 Å². The van der Waals surface area contributed by atoms with Crippen LogP contribution in [0.15, 0.2) is 48.7 Å². The first-order valence-corrected chi connectivity index (χ1v) is 13.9. The van der Waals surface area contributed by atoms with Crippen molar-refractivity contribution in [3.8, 4) is 23.0 Å². The third kappa shape index (κ3) is 6.86. The molecule has 2 aromatic carbocycles. The van der Waals surface area contributed by atoms with E-state index in [0.29, 0.717) is 10.7 Å². The van der Waals surface area contributed by atoms with Crippen molar-refractivity contribution in [1.82, 2.24) is 18.8 Å². The summed E-state index contributed by atoms with van der Waals surface area (Å²) in [6.07, 6.45) is 5.89. The highest BCUT2D eigenvalue weighted by Crippen LogP contribution is 2.36. The minimum Gasteiger partial charge on any atom is -0.493 e.